The molecule has 1 amide bonds. The van der Waals surface area contributed by atoms with Crippen LogP contribution < -0.4 is 16.0 Å². The van der Waals surface area contributed by atoms with Crippen molar-refractivity contribution in [1.82, 2.24) is 10.3 Å². The minimum atomic E-state index is -4.99. The number of halogens is 6. The number of nitrogens with zero attached hydrogens (tertiary/aromatic N) is 2. The van der Waals surface area contributed by atoms with Gasteiger partial charge in [-0.15, -0.1) is 0 Å². The quantitative estimate of drug-likeness (QED) is 0.416. The maximum atomic E-state index is 13.5. The van der Waals surface area contributed by atoms with Crippen LogP contribution in [0, 0.1) is 17.2 Å². The van der Waals surface area contributed by atoms with Crippen LogP contribution in [0.4, 0.5) is 32.0 Å². The number of nitrogens with two attached hydrogens (primary N) is 1. The summed E-state index contributed by atoms with van der Waals surface area (Å²) >= 11 is 0. The van der Waals surface area contributed by atoms with Crippen molar-refractivity contribution >= 4 is 17.3 Å². The summed E-state index contributed by atoms with van der Waals surface area (Å²) in [5.41, 5.74) is 3.88. The zero-order valence-corrected chi connectivity index (χ0v) is 15.9. The number of alkyl halides is 6. The SMILES string of the molecule is N=C(C1=C(N)NC(=O)[C@H](O)[C@@H]1C(F)(F)F)C1CCN(c2ccc(C(F)(F)F)nc2)CC1. The molecular formula is C18H19F6N5O2. The summed E-state index contributed by atoms with van der Waals surface area (Å²) in [6, 6.07) is 2.10. The molecule has 3 rings (SSSR count). The smallest absolute Gasteiger partial charge is 0.385 e. The van der Waals surface area contributed by atoms with Crippen LogP contribution in [0.2, 0.25) is 0 Å². The predicted octanol–water partition coefficient (Wildman–Crippen LogP) is 2.18. The van der Waals surface area contributed by atoms with Gasteiger partial charge in [-0.2, -0.15) is 26.3 Å². The van der Waals surface area contributed by atoms with Crippen LogP contribution in [0.3, 0.4) is 0 Å². The molecule has 31 heavy (non-hydrogen) atoms. The van der Waals surface area contributed by atoms with Gasteiger partial charge in [0.1, 0.15) is 23.5 Å². The number of piperidine rings is 1. The molecule has 2 aliphatic heterocycles. The molecule has 1 saturated heterocycles. The first kappa shape index (κ1) is 22.8. The van der Waals surface area contributed by atoms with E-state index in [4.69, 9.17) is 11.1 Å². The van der Waals surface area contributed by atoms with Gasteiger partial charge in [0.25, 0.3) is 5.91 Å². The molecule has 13 heteroatoms. The molecular weight excluding hydrogens is 432 g/mol. The number of hydrogen-bond acceptors (Lipinski definition) is 6. The van der Waals surface area contributed by atoms with E-state index in [0.717, 1.165) is 12.3 Å². The number of carbonyl (C=O) groups is 1. The Hall–Kier alpha value is -2.83. The molecule has 170 valence electrons. The average molecular weight is 451 g/mol. The lowest BCUT2D eigenvalue weighted by Gasteiger charge is -2.37. The first-order valence-corrected chi connectivity index (χ1v) is 9.23. The molecule has 0 unspecified atom stereocenters. The van der Waals surface area contributed by atoms with Crippen molar-refractivity contribution in [2.24, 2.45) is 17.6 Å². The summed E-state index contributed by atoms with van der Waals surface area (Å²) in [6.07, 6.45) is -10.4. The van der Waals surface area contributed by atoms with Gasteiger partial charge >= 0.3 is 12.4 Å². The first-order chi connectivity index (χ1) is 14.3. The summed E-state index contributed by atoms with van der Waals surface area (Å²) in [5, 5.41) is 20.0. The van der Waals surface area contributed by atoms with Crippen molar-refractivity contribution in [3.05, 3.63) is 35.4 Å². The van der Waals surface area contributed by atoms with Crippen LogP contribution in [-0.4, -0.2) is 47.1 Å². The molecule has 7 nitrogen and oxygen atoms in total. The van der Waals surface area contributed by atoms with Crippen LogP contribution in [0.5, 0.6) is 0 Å². The van der Waals surface area contributed by atoms with Gasteiger partial charge in [-0.3, -0.25) is 4.79 Å². The lowest BCUT2D eigenvalue weighted by atomic mass is 9.79. The number of hydrogen-bond donors (Lipinski definition) is 4. The third kappa shape index (κ3) is 4.60. The molecule has 1 aromatic rings. The van der Waals surface area contributed by atoms with Gasteiger partial charge in [-0.25, -0.2) is 4.98 Å². The van der Waals surface area contributed by atoms with Gasteiger partial charge in [-0.05, 0) is 25.0 Å². The van der Waals surface area contributed by atoms with E-state index in [2.05, 4.69) is 4.98 Å². The van der Waals surface area contributed by atoms with Crippen molar-refractivity contribution < 1.29 is 36.2 Å². The molecule has 3 heterocycles. The summed E-state index contributed by atoms with van der Waals surface area (Å²) in [4.78, 5) is 16.7. The maximum Gasteiger partial charge on any atom is 0.433 e. The predicted molar refractivity (Wildman–Crippen MR) is 96.8 cm³/mol. The normalized spacial score (nSPS) is 23.7. The summed E-state index contributed by atoms with van der Waals surface area (Å²) in [7, 11) is 0. The lowest BCUT2D eigenvalue weighted by molar-refractivity contribution is -0.192. The number of pyridine rings is 1. The van der Waals surface area contributed by atoms with Crippen molar-refractivity contribution in [3.8, 4) is 0 Å². The maximum absolute atomic E-state index is 13.5. The van der Waals surface area contributed by atoms with Crippen LogP contribution in [0.15, 0.2) is 29.7 Å². The van der Waals surface area contributed by atoms with E-state index >= 15 is 0 Å². The van der Waals surface area contributed by atoms with Crippen LogP contribution in [0.1, 0.15) is 18.5 Å². The topological polar surface area (TPSA) is 115 Å². The third-order valence-electron chi connectivity index (χ3n) is 5.39. The molecule has 1 fully saturated rings. The molecule has 0 radical (unpaired) electrons. The molecule has 0 spiro atoms. The largest absolute Gasteiger partial charge is 0.433 e. The molecule has 5 N–H and O–H groups in total. The molecule has 0 bridgehead atoms. The van der Waals surface area contributed by atoms with E-state index in [1.165, 1.54) is 6.07 Å². The Morgan fingerprint density at radius 1 is 1.19 bits per heavy atom. The fraction of sp³-hybridized carbons (Fsp3) is 0.500. The average Bonchev–Trinajstić information content (AvgIpc) is 2.68. The minimum absolute atomic E-state index is 0.227. The molecule has 2 aliphatic rings. The fourth-order valence-electron chi connectivity index (χ4n) is 3.79. The van der Waals surface area contributed by atoms with Gasteiger partial charge in [0.2, 0.25) is 0 Å². The highest BCUT2D eigenvalue weighted by atomic mass is 19.4. The first-order valence-electron chi connectivity index (χ1n) is 9.23. The summed E-state index contributed by atoms with van der Waals surface area (Å²) in [6.45, 7) is 0.526. The van der Waals surface area contributed by atoms with Gasteiger partial charge in [-0.1, -0.05) is 0 Å². The highest BCUT2D eigenvalue weighted by Gasteiger charge is 2.53. The molecule has 0 aromatic carbocycles. The number of rotatable bonds is 3. The molecule has 2 atom stereocenters. The second-order valence-corrected chi connectivity index (χ2v) is 7.36. The number of anilines is 1. The highest BCUT2D eigenvalue weighted by Crippen LogP contribution is 2.40. The Balaban J connectivity index is 1.73. The Kier molecular flexibility index (Phi) is 5.91. The van der Waals surface area contributed by atoms with Crippen LogP contribution in [-0.2, 0) is 11.0 Å². The molecule has 1 aromatic heterocycles. The van der Waals surface area contributed by atoms with Gasteiger partial charge in [0.05, 0.1) is 11.9 Å². The number of nitrogens with one attached hydrogen (secondary N) is 2. The van der Waals surface area contributed by atoms with E-state index in [0.29, 0.717) is 5.69 Å². The third-order valence-corrected chi connectivity index (χ3v) is 5.39. The Labute approximate surface area is 172 Å². The van der Waals surface area contributed by atoms with Crippen LogP contribution in [0.25, 0.3) is 0 Å². The minimum Gasteiger partial charge on any atom is -0.385 e. The number of aliphatic hydroxyl groups excluding tert-OH is 1. The standard InChI is InChI=1S/C18H19F6N5O2/c19-17(20,21)10-2-1-9(7-27-10)29-5-3-8(4-6-29)13(25)11-12(18(22,23)24)14(30)16(31)28-15(11)26/h1-2,7-8,12,14,25,30H,3-6,26H2,(H,28,31)/t12-,14-/m1/s1. The van der Waals surface area contributed by atoms with Crippen molar-refractivity contribution in [3.63, 3.8) is 0 Å². The lowest BCUT2D eigenvalue weighted by Crippen LogP contribution is -2.54. The van der Waals surface area contributed by atoms with E-state index in [1.54, 1.807) is 4.90 Å². The van der Waals surface area contributed by atoms with Crippen LogP contribution >= 0.6 is 0 Å². The number of aliphatic hydroxyl groups is 1. The van der Waals surface area contributed by atoms with Gasteiger partial charge < -0.3 is 26.5 Å². The summed E-state index contributed by atoms with van der Waals surface area (Å²) < 4.78 is 78.4. The number of carbonyl (C=O) groups excluding carboxylic acids is 1. The zero-order chi connectivity index (χ0) is 23.1. The fourth-order valence-corrected chi connectivity index (χ4v) is 3.79. The second kappa shape index (κ2) is 8.02. The molecule has 0 saturated carbocycles. The second-order valence-electron chi connectivity index (χ2n) is 7.36. The number of aromatic nitrogens is 1. The van der Waals surface area contributed by atoms with E-state index in [-0.39, 0.29) is 25.9 Å². The summed E-state index contributed by atoms with van der Waals surface area (Å²) in [5.74, 6) is -5.15. The van der Waals surface area contributed by atoms with Gasteiger partial charge in [0.15, 0.2) is 0 Å². The van der Waals surface area contributed by atoms with Crippen molar-refractivity contribution in [2.45, 2.75) is 31.3 Å². The van der Waals surface area contributed by atoms with E-state index < -0.39 is 59.0 Å². The number of amides is 1. The highest BCUT2D eigenvalue weighted by molar-refractivity contribution is 6.03. The Morgan fingerprint density at radius 3 is 2.29 bits per heavy atom. The van der Waals surface area contributed by atoms with E-state index in [1.807, 2.05) is 5.32 Å². The van der Waals surface area contributed by atoms with Crippen molar-refractivity contribution in [2.75, 3.05) is 18.0 Å². The monoisotopic (exact) mass is 451 g/mol. The zero-order valence-electron chi connectivity index (χ0n) is 15.9. The Morgan fingerprint density at radius 2 is 1.81 bits per heavy atom. The van der Waals surface area contributed by atoms with Gasteiger partial charge in [0, 0.05) is 30.3 Å². The Bertz CT molecular complexity index is 888. The van der Waals surface area contributed by atoms with E-state index in [9.17, 15) is 36.2 Å². The molecule has 0 aliphatic carbocycles. The van der Waals surface area contributed by atoms with Crippen molar-refractivity contribution in [1.29, 1.82) is 5.41 Å².